The summed E-state index contributed by atoms with van der Waals surface area (Å²) in [7, 11) is 0. The van der Waals surface area contributed by atoms with Gasteiger partial charge in [0.15, 0.2) is 5.82 Å². The Balaban J connectivity index is 1.22. The van der Waals surface area contributed by atoms with Gasteiger partial charge in [0.2, 0.25) is 0 Å². The molecule has 6 heteroatoms. The molecule has 276 valence electrons. The number of pyridine rings is 1. The number of rotatable bonds is 5. The first-order chi connectivity index (χ1) is 29.2. The molecule has 0 unspecified atom stereocenters. The molecule has 0 atom stereocenters. The maximum Gasteiger partial charge on any atom is 0.263 e. The van der Waals surface area contributed by atoms with Crippen LogP contribution in [0.3, 0.4) is 0 Å². The molecule has 0 amide bonds. The van der Waals surface area contributed by atoms with E-state index in [0.717, 1.165) is 93.9 Å². The highest BCUT2D eigenvalue weighted by Gasteiger charge is 2.22. The van der Waals surface area contributed by atoms with Crippen LogP contribution in [0.1, 0.15) is 0 Å². The molecule has 0 fully saturated rings. The van der Waals surface area contributed by atoms with E-state index in [0.29, 0.717) is 11.2 Å². The Kier molecular flexibility index (Phi) is 7.28. The molecule has 0 radical (unpaired) electrons. The summed E-state index contributed by atoms with van der Waals surface area (Å²) in [6.07, 6.45) is 0. The molecule has 6 nitrogen and oxygen atoms in total. The van der Waals surface area contributed by atoms with Gasteiger partial charge in [0.05, 0.1) is 38.7 Å². The molecule has 0 bridgehead atoms. The first-order valence-electron chi connectivity index (χ1n) is 19.8. The quantitative estimate of drug-likeness (QED) is 0.164. The summed E-state index contributed by atoms with van der Waals surface area (Å²) < 4.78 is 6.38. The summed E-state index contributed by atoms with van der Waals surface area (Å²) in [4.78, 5) is 25.6. The molecule has 0 spiro atoms. The van der Waals surface area contributed by atoms with E-state index in [1.54, 1.807) is 0 Å². The second-order valence-corrected chi connectivity index (χ2v) is 15.0. The zero-order valence-electron chi connectivity index (χ0n) is 31.7. The van der Waals surface area contributed by atoms with Gasteiger partial charge in [-0.25, -0.2) is 9.97 Å². The van der Waals surface area contributed by atoms with E-state index in [9.17, 15) is 0 Å². The highest BCUT2D eigenvalue weighted by atomic mass is 16.1. The van der Waals surface area contributed by atoms with Crippen molar-refractivity contribution in [2.24, 2.45) is 0 Å². The molecule has 0 aliphatic heterocycles. The maximum absolute atomic E-state index is 15.3. The van der Waals surface area contributed by atoms with Crippen LogP contribution in [0.5, 0.6) is 0 Å². The Bertz CT molecular complexity index is 3610. The predicted octanol–water partition coefficient (Wildman–Crippen LogP) is 12.5. The molecule has 4 heterocycles. The van der Waals surface area contributed by atoms with Crippen LogP contribution in [0.2, 0.25) is 0 Å². The number of benzene rings is 8. The van der Waals surface area contributed by atoms with Gasteiger partial charge in [0, 0.05) is 55.5 Å². The van der Waals surface area contributed by atoms with Gasteiger partial charge < -0.3 is 4.57 Å². The summed E-state index contributed by atoms with van der Waals surface area (Å²) in [6, 6.07) is 68.6. The summed E-state index contributed by atoms with van der Waals surface area (Å²) in [5, 5.41) is 6.94. The van der Waals surface area contributed by atoms with Crippen molar-refractivity contribution in [3.05, 3.63) is 211 Å². The normalized spacial score (nSPS) is 11.8. The minimum absolute atomic E-state index is 0.0863. The van der Waals surface area contributed by atoms with Crippen LogP contribution >= 0.6 is 0 Å². The number of para-hydroxylation sites is 4. The highest BCUT2D eigenvalue weighted by Crippen LogP contribution is 2.40. The topological polar surface area (TPSA) is 57.6 Å². The van der Waals surface area contributed by atoms with Gasteiger partial charge in [-0.15, -0.1) is 0 Å². The van der Waals surface area contributed by atoms with E-state index < -0.39 is 0 Å². The van der Waals surface area contributed by atoms with E-state index in [4.69, 9.17) is 9.97 Å². The molecule has 0 N–H and O–H groups in total. The average molecular weight is 756 g/mol. The summed E-state index contributed by atoms with van der Waals surface area (Å²) in [5.41, 5.74) is 9.42. The van der Waals surface area contributed by atoms with E-state index >= 15 is 4.79 Å². The zero-order chi connectivity index (χ0) is 39.0. The number of hydrogen-bond donors (Lipinski definition) is 0. The highest BCUT2D eigenvalue weighted by molar-refractivity contribution is 6.21. The van der Waals surface area contributed by atoms with Crippen molar-refractivity contribution in [3.63, 3.8) is 0 Å². The number of hydrogen-bond acceptors (Lipinski definition) is 3. The van der Waals surface area contributed by atoms with Crippen molar-refractivity contribution < 1.29 is 0 Å². The predicted molar refractivity (Wildman–Crippen MR) is 242 cm³/mol. The fourth-order valence-electron chi connectivity index (χ4n) is 9.01. The first-order valence-corrected chi connectivity index (χ1v) is 19.8. The Morgan fingerprint density at radius 2 is 0.797 bits per heavy atom. The number of fused-ring (bicyclic) bond motifs is 9. The van der Waals surface area contributed by atoms with Crippen LogP contribution in [0.25, 0.3) is 105 Å². The van der Waals surface area contributed by atoms with Crippen molar-refractivity contribution >= 4 is 65.3 Å². The third-order valence-electron chi connectivity index (χ3n) is 11.6. The second-order valence-electron chi connectivity index (χ2n) is 15.0. The fourth-order valence-corrected chi connectivity index (χ4v) is 9.01. The lowest BCUT2D eigenvalue weighted by Crippen LogP contribution is -2.19. The first kappa shape index (κ1) is 33.1. The fraction of sp³-hybridized carbons (Fsp3) is 0. The molecular weight excluding hydrogens is 723 g/mol. The SMILES string of the molecule is O=c1c2cc3c(cc2c2cc4c5ccccc5n(-c5ccccc5)c4cc2n1-c1ccccc1)c1ccccc1n3-c1cc(-c2ccccc2)nc(-c2ccccc2)n1. The van der Waals surface area contributed by atoms with Crippen LogP contribution < -0.4 is 5.56 Å². The Morgan fingerprint density at radius 1 is 0.322 bits per heavy atom. The molecular formula is C53H33N5O. The van der Waals surface area contributed by atoms with Crippen molar-refractivity contribution in [2.45, 2.75) is 0 Å². The smallest absolute Gasteiger partial charge is 0.263 e. The molecule has 59 heavy (non-hydrogen) atoms. The van der Waals surface area contributed by atoms with Crippen molar-refractivity contribution in [1.29, 1.82) is 0 Å². The molecule has 12 aromatic rings. The van der Waals surface area contributed by atoms with Crippen LogP contribution in [0, 0.1) is 0 Å². The summed E-state index contributed by atoms with van der Waals surface area (Å²) in [6.45, 7) is 0. The summed E-state index contributed by atoms with van der Waals surface area (Å²) in [5.74, 6) is 1.35. The van der Waals surface area contributed by atoms with Gasteiger partial charge in [-0.2, -0.15) is 0 Å². The lowest BCUT2D eigenvalue weighted by atomic mass is 10.0. The molecule has 8 aromatic carbocycles. The summed E-state index contributed by atoms with van der Waals surface area (Å²) >= 11 is 0. The zero-order valence-corrected chi connectivity index (χ0v) is 31.7. The minimum atomic E-state index is -0.0863. The second kappa shape index (κ2) is 13.0. The van der Waals surface area contributed by atoms with Crippen LogP contribution in [0.15, 0.2) is 205 Å². The molecule has 12 rings (SSSR count). The monoisotopic (exact) mass is 755 g/mol. The van der Waals surface area contributed by atoms with Crippen LogP contribution in [-0.2, 0) is 0 Å². The van der Waals surface area contributed by atoms with Gasteiger partial charge in [0.25, 0.3) is 5.56 Å². The van der Waals surface area contributed by atoms with Gasteiger partial charge in [0.1, 0.15) is 5.82 Å². The van der Waals surface area contributed by atoms with E-state index in [-0.39, 0.29) is 5.56 Å². The third kappa shape index (κ3) is 5.10. The van der Waals surface area contributed by atoms with E-state index in [2.05, 4.69) is 124 Å². The van der Waals surface area contributed by atoms with Crippen molar-refractivity contribution in [3.8, 4) is 39.8 Å². The Labute approximate surface area is 338 Å². The largest absolute Gasteiger partial charge is 0.309 e. The molecule has 0 aliphatic rings. The van der Waals surface area contributed by atoms with Gasteiger partial charge in [-0.1, -0.05) is 133 Å². The van der Waals surface area contributed by atoms with Crippen molar-refractivity contribution in [2.75, 3.05) is 0 Å². The Morgan fingerprint density at radius 3 is 1.44 bits per heavy atom. The molecule has 0 saturated carbocycles. The molecule has 0 aliphatic carbocycles. The van der Waals surface area contributed by atoms with Crippen molar-refractivity contribution in [1.82, 2.24) is 23.7 Å². The number of nitrogens with zero attached hydrogens (tertiary/aromatic N) is 5. The van der Waals surface area contributed by atoms with Crippen LogP contribution in [-0.4, -0.2) is 23.7 Å². The molecule has 4 aromatic heterocycles. The average Bonchev–Trinajstić information content (AvgIpc) is 3.81. The van der Waals surface area contributed by atoms with Crippen LogP contribution in [0.4, 0.5) is 0 Å². The Hall–Kier alpha value is -8.09. The van der Waals surface area contributed by atoms with E-state index in [1.165, 1.54) is 0 Å². The van der Waals surface area contributed by atoms with E-state index in [1.807, 2.05) is 89.5 Å². The lowest BCUT2D eigenvalue weighted by molar-refractivity contribution is 1.05. The van der Waals surface area contributed by atoms with Gasteiger partial charge in [-0.05, 0) is 66.0 Å². The number of aromatic nitrogens is 5. The molecule has 0 saturated heterocycles. The lowest BCUT2D eigenvalue weighted by Gasteiger charge is -2.16. The maximum atomic E-state index is 15.3. The van der Waals surface area contributed by atoms with Gasteiger partial charge in [-0.3, -0.25) is 13.9 Å². The van der Waals surface area contributed by atoms with Gasteiger partial charge >= 0.3 is 0 Å². The standard InChI is InChI=1S/C53H33N5O/c59-53-44-31-48-41(39-26-14-16-28-47(39)58(48)51-32-45(34-17-5-1-6-18-34)54-52(55-51)35-19-7-2-8-20-35)29-40(44)43-30-42-38-25-13-15-27-46(38)56(36-21-9-3-10-22-36)49(42)33-50(43)57(53)37-23-11-4-12-24-37/h1-33H. The third-order valence-corrected chi connectivity index (χ3v) is 11.6. The minimum Gasteiger partial charge on any atom is -0.309 e.